The number of unbranched alkanes of at least 4 members (excludes halogenated alkanes) is 1. The number of hydrogen-bond donors (Lipinski definition) is 3. The molecular weight excluding hydrogens is 530 g/mol. The first-order chi connectivity index (χ1) is 20.5. The topological polar surface area (TPSA) is 117 Å². The molecule has 3 N–H and O–H groups in total. The third-order valence-electron chi connectivity index (χ3n) is 7.83. The summed E-state index contributed by atoms with van der Waals surface area (Å²) in [6.45, 7) is 5.57. The molecule has 0 amide bonds. The molecule has 1 unspecified atom stereocenters. The van der Waals surface area contributed by atoms with Crippen LogP contribution in [0.5, 0.6) is 5.75 Å². The van der Waals surface area contributed by atoms with Crippen LogP contribution in [0.4, 0.5) is 11.6 Å². The normalized spacial score (nSPS) is 13.5. The van der Waals surface area contributed by atoms with E-state index in [1.54, 1.807) is 10.9 Å². The number of benzene rings is 1. The molecule has 1 atom stereocenters. The lowest BCUT2D eigenvalue weighted by molar-refractivity contribution is -0.138. The van der Waals surface area contributed by atoms with Gasteiger partial charge < -0.3 is 20.5 Å². The highest BCUT2D eigenvalue weighted by atomic mass is 16.5. The quantitative estimate of drug-likeness (QED) is 0.175. The Morgan fingerprint density at radius 2 is 2.02 bits per heavy atom. The Balaban J connectivity index is 1.18. The van der Waals surface area contributed by atoms with Gasteiger partial charge in [0.25, 0.3) is 0 Å². The van der Waals surface area contributed by atoms with Gasteiger partial charge in [0.1, 0.15) is 24.2 Å². The number of carbonyl (C=O) groups is 1. The summed E-state index contributed by atoms with van der Waals surface area (Å²) in [6, 6.07) is 15.2. The Morgan fingerprint density at radius 3 is 2.88 bits per heavy atom. The number of para-hydroxylation sites is 1. The number of carboxylic acid groups (broad SMARTS) is 1. The number of fused-ring (bicyclic) bond motifs is 2. The van der Waals surface area contributed by atoms with E-state index < -0.39 is 12.0 Å². The van der Waals surface area contributed by atoms with Gasteiger partial charge in [-0.05, 0) is 87.9 Å². The van der Waals surface area contributed by atoms with Crippen LogP contribution in [0.3, 0.4) is 0 Å². The highest BCUT2D eigenvalue weighted by Crippen LogP contribution is 2.23. The Labute approximate surface area is 247 Å². The molecule has 10 nitrogen and oxygen atoms in total. The lowest BCUT2D eigenvalue weighted by atomic mass is 10.1. The number of aliphatic carboxylic acids is 1. The molecule has 1 aliphatic heterocycles. The summed E-state index contributed by atoms with van der Waals surface area (Å²) in [7, 11) is 1.87. The van der Waals surface area contributed by atoms with Gasteiger partial charge in [-0.15, -0.1) is 0 Å². The van der Waals surface area contributed by atoms with Crippen molar-refractivity contribution < 1.29 is 14.6 Å². The number of rotatable bonds is 15. The van der Waals surface area contributed by atoms with Crippen molar-refractivity contribution in [3.05, 3.63) is 71.7 Å². The maximum atomic E-state index is 12.3. The monoisotopic (exact) mass is 571 g/mol. The molecule has 222 valence electrons. The maximum Gasteiger partial charge on any atom is 0.326 e. The Morgan fingerprint density at radius 1 is 1.14 bits per heavy atom. The second kappa shape index (κ2) is 14.1. The van der Waals surface area contributed by atoms with Gasteiger partial charge in [-0.3, -0.25) is 14.6 Å². The van der Waals surface area contributed by atoms with E-state index in [1.807, 2.05) is 50.4 Å². The van der Waals surface area contributed by atoms with Gasteiger partial charge in [0.2, 0.25) is 0 Å². The summed E-state index contributed by atoms with van der Waals surface area (Å²) in [5.74, 6) is 1.52. The first kappa shape index (κ1) is 29.3. The number of anilines is 2. The summed E-state index contributed by atoms with van der Waals surface area (Å²) in [6.07, 6.45) is 7.34. The van der Waals surface area contributed by atoms with Gasteiger partial charge in [0.15, 0.2) is 5.82 Å². The number of nitrogens with zero attached hydrogens (tertiary/aromatic N) is 5. The number of carboxylic acids is 1. The number of ether oxygens (including phenoxy) is 1. The molecule has 4 aromatic rings. The Kier molecular flexibility index (Phi) is 9.86. The van der Waals surface area contributed by atoms with Gasteiger partial charge in [0.05, 0.1) is 11.2 Å². The van der Waals surface area contributed by atoms with Crippen LogP contribution in [0.2, 0.25) is 0 Å². The summed E-state index contributed by atoms with van der Waals surface area (Å²) in [5, 5.41) is 22.1. The maximum absolute atomic E-state index is 12.3. The second-order valence-corrected chi connectivity index (χ2v) is 10.9. The standard InChI is InChI=1S/C32H41N7O3/c1-23-29(13-8-17-33-23)42-22-21-39(19-6-5-10-25-15-14-24-9-7-18-34-30(24)35-25)20-16-27(32(40)41)36-31-26-11-3-4-12-28(26)38(2)37-31/h3-4,8,11-15,17,27H,5-7,9-10,16,18-22H2,1-2H3,(H,34,35)(H,36,37)(H,40,41). The lowest BCUT2D eigenvalue weighted by Gasteiger charge is -2.24. The minimum absolute atomic E-state index is 0.435. The number of pyridine rings is 2. The van der Waals surface area contributed by atoms with E-state index in [4.69, 9.17) is 9.72 Å². The highest BCUT2D eigenvalue weighted by molar-refractivity contribution is 5.91. The smallest absolute Gasteiger partial charge is 0.326 e. The van der Waals surface area contributed by atoms with Crippen LogP contribution < -0.4 is 15.4 Å². The van der Waals surface area contributed by atoms with Crippen molar-refractivity contribution >= 4 is 28.5 Å². The molecule has 0 fully saturated rings. The second-order valence-electron chi connectivity index (χ2n) is 10.9. The zero-order valence-electron chi connectivity index (χ0n) is 24.6. The molecular formula is C32H41N7O3. The number of aryl methyl sites for hydroxylation is 4. The third kappa shape index (κ3) is 7.55. The number of nitrogens with one attached hydrogen (secondary N) is 2. The van der Waals surface area contributed by atoms with Crippen LogP contribution in [-0.2, 0) is 24.7 Å². The van der Waals surface area contributed by atoms with Gasteiger partial charge in [-0.2, -0.15) is 5.10 Å². The van der Waals surface area contributed by atoms with Crippen molar-refractivity contribution in [1.29, 1.82) is 0 Å². The fourth-order valence-corrected chi connectivity index (χ4v) is 5.45. The van der Waals surface area contributed by atoms with E-state index >= 15 is 0 Å². The fourth-order valence-electron chi connectivity index (χ4n) is 5.45. The number of aromatic nitrogens is 4. The molecule has 1 aliphatic rings. The van der Waals surface area contributed by atoms with E-state index in [-0.39, 0.29) is 0 Å². The van der Waals surface area contributed by atoms with Gasteiger partial charge >= 0.3 is 5.97 Å². The van der Waals surface area contributed by atoms with Crippen molar-refractivity contribution in [2.45, 2.75) is 51.5 Å². The summed E-state index contributed by atoms with van der Waals surface area (Å²) >= 11 is 0. The number of hydrogen-bond acceptors (Lipinski definition) is 8. The van der Waals surface area contributed by atoms with Crippen LogP contribution in [0.15, 0.2) is 54.7 Å². The van der Waals surface area contributed by atoms with E-state index in [0.29, 0.717) is 31.9 Å². The largest absolute Gasteiger partial charge is 0.490 e. The predicted molar refractivity (Wildman–Crippen MR) is 165 cm³/mol. The van der Waals surface area contributed by atoms with Crippen LogP contribution in [0.25, 0.3) is 10.9 Å². The zero-order chi connectivity index (χ0) is 29.3. The van der Waals surface area contributed by atoms with Gasteiger partial charge in [-0.1, -0.05) is 18.2 Å². The minimum atomic E-state index is -0.890. The van der Waals surface area contributed by atoms with Crippen LogP contribution >= 0.6 is 0 Å². The molecule has 0 bridgehead atoms. The average molecular weight is 572 g/mol. The Bertz CT molecular complexity index is 1490. The SMILES string of the molecule is Cc1ncccc1OCCN(CCCCc1ccc2c(n1)NCCC2)CCC(Nc1nn(C)c2ccccc12)C(=O)O. The Hall–Kier alpha value is -4.18. The summed E-state index contributed by atoms with van der Waals surface area (Å²) in [4.78, 5) is 23.7. The molecule has 3 aromatic heterocycles. The van der Waals surface area contributed by atoms with Crippen molar-refractivity contribution in [1.82, 2.24) is 24.6 Å². The van der Waals surface area contributed by atoms with Gasteiger partial charge in [0, 0.05) is 44.0 Å². The predicted octanol–water partition coefficient (Wildman–Crippen LogP) is 4.69. The van der Waals surface area contributed by atoms with E-state index in [0.717, 1.165) is 79.1 Å². The van der Waals surface area contributed by atoms with Crippen LogP contribution in [0, 0.1) is 6.92 Å². The van der Waals surface area contributed by atoms with E-state index in [2.05, 4.69) is 37.7 Å². The molecule has 10 heteroatoms. The lowest BCUT2D eigenvalue weighted by Crippen LogP contribution is -2.37. The molecule has 1 aromatic carbocycles. The first-order valence-corrected chi connectivity index (χ1v) is 14.9. The molecule has 42 heavy (non-hydrogen) atoms. The molecule has 0 aliphatic carbocycles. The van der Waals surface area contributed by atoms with E-state index in [9.17, 15) is 9.90 Å². The average Bonchev–Trinajstić information content (AvgIpc) is 3.32. The van der Waals surface area contributed by atoms with Gasteiger partial charge in [-0.25, -0.2) is 9.78 Å². The summed E-state index contributed by atoms with van der Waals surface area (Å²) in [5.41, 5.74) is 4.23. The van der Waals surface area contributed by atoms with Crippen molar-refractivity contribution in [2.75, 3.05) is 43.4 Å². The van der Waals surface area contributed by atoms with Crippen molar-refractivity contribution in [3.63, 3.8) is 0 Å². The van der Waals surface area contributed by atoms with Crippen molar-refractivity contribution in [3.8, 4) is 5.75 Å². The molecule has 0 saturated carbocycles. The van der Waals surface area contributed by atoms with Crippen LogP contribution in [0.1, 0.15) is 42.6 Å². The third-order valence-corrected chi connectivity index (χ3v) is 7.83. The van der Waals surface area contributed by atoms with E-state index in [1.165, 1.54) is 5.56 Å². The minimum Gasteiger partial charge on any atom is -0.490 e. The van der Waals surface area contributed by atoms with Crippen LogP contribution in [-0.4, -0.2) is 74.6 Å². The first-order valence-electron chi connectivity index (χ1n) is 14.9. The summed E-state index contributed by atoms with van der Waals surface area (Å²) < 4.78 is 7.80. The molecule has 0 spiro atoms. The molecule has 0 saturated heterocycles. The zero-order valence-corrected chi connectivity index (χ0v) is 24.6. The molecule has 5 rings (SSSR count). The highest BCUT2D eigenvalue weighted by Gasteiger charge is 2.21. The molecule has 0 radical (unpaired) electrons. The molecule has 4 heterocycles. The van der Waals surface area contributed by atoms with Crippen molar-refractivity contribution in [2.24, 2.45) is 7.05 Å². The fraction of sp³-hybridized carbons (Fsp3) is 0.438.